The third-order valence-corrected chi connectivity index (χ3v) is 2.68. The zero-order valence-corrected chi connectivity index (χ0v) is 9.05. The first-order chi connectivity index (χ1) is 7.90. The molecule has 0 aliphatic carbocycles. The molecular formula is C12H13N3O. The lowest BCUT2D eigenvalue weighted by atomic mass is 10.2. The molecule has 16 heavy (non-hydrogen) atoms. The van der Waals surface area contributed by atoms with Crippen molar-refractivity contribution in [2.45, 2.75) is 13.1 Å². The van der Waals surface area contributed by atoms with E-state index in [1.54, 1.807) is 0 Å². The van der Waals surface area contributed by atoms with Crippen molar-refractivity contribution in [1.82, 2.24) is 5.32 Å². The Morgan fingerprint density at radius 1 is 1.44 bits per heavy atom. The summed E-state index contributed by atoms with van der Waals surface area (Å²) in [5.41, 5.74) is 2.06. The minimum atomic E-state index is 0.00912. The summed E-state index contributed by atoms with van der Waals surface area (Å²) in [6, 6.07) is 8.06. The van der Waals surface area contributed by atoms with E-state index in [9.17, 15) is 0 Å². The number of fused-ring (bicyclic) bond motifs is 3. The molecule has 0 amide bonds. The fourth-order valence-corrected chi connectivity index (χ4v) is 2.01. The predicted molar refractivity (Wildman–Crippen MR) is 63.7 cm³/mol. The molecule has 0 bridgehead atoms. The predicted octanol–water partition coefficient (Wildman–Crippen LogP) is 1.97. The quantitative estimate of drug-likeness (QED) is 0.778. The van der Waals surface area contributed by atoms with Crippen molar-refractivity contribution in [3.63, 3.8) is 0 Å². The van der Waals surface area contributed by atoms with Gasteiger partial charge in [0, 0.05) is 12.4 Å². The van der Waals surface area contributed by atoms with E-state index in [4.69, 9.17) is 4.74 Å². The van der Waals surface area contributed by atoms with Crippen LogP contribution in [0.25, 0.3) is 0 Å². The molecule has 0 spiro atoms. The van der Waals surface area contributed by atoms with Gasteiger partial charge in [-0.15, -0.1) is 0 Å². The lowest BCUT2D eigenvalue weighted by molar-refractivity contribution is 0.308. The standard InChI is InChI=1S/C12H13N3O/c1-2-16-12-11-13-7-8-15(11)10-6-4-3-5-9(10)14-12/h3-8,11,13H,2H2,1H3. The van der Waals surface area contributed by atoms with E-state index in [2.05, 4.69) is 21.3 Å². The minimum Gasteiger partial charge on any atom is -0.478 e. The van der Waals surface area contributed by atoms with Crippen LogP contribution in [-0.2, 0) is 4.74 Å². The molecule has 4 nitrogen and oxygen atoms in total. The number of ether oxygens (including phenoxy) is 1. The third-order valence-electron chi connectivity index (χ3n) is 2.68. The molecule has 1 aromatic rings. The number of anilines is 1. The van der Waals surface area contributed by atoms with Crippen LogP contribution in [-0.4, -0.2) is 18.7 Å². The molecule has 0 aromatic heterocycles. The van der Waals surface area contributed by atoms with Gasteiger partial charge in [-0.05, 0) is 19.1 Å². The van der Waals surface area contributed by atoms with Crippen molar-refractivity contribution in [3.05, 3.63) is 36.7 Å². The summed E-state index contributed by atoms with van der Waals surface area (Å²) < 4.78 is 5.56. The molecule has 3 rings (SSSR count). The summed E-state index contributed by atoms with van der Waals surface area (Å²) in [4.78, 5) is 6.66. The van der Waals surface area contributed by atoms with E-state index in [1.165, 1.54) is 0 Å². The topological polar surface area (TPSA) is 36.9 Å². The van der Waals surface area contributed by atoms with Gasteiger partial charge >= 0.3 is 0 Å². The number of rotatable bonds is 1. The monoisotopic (exact) mass is 215 g/mol. The van der Waals surface area contributed by atoms with Crippen molar-refractivity contribution >= 4 is 17.3 Å². The van der Waals surface area contributed by atoms with Crippen molar-refractivity contribution in [2.24, 2.45) is 4.99 Å². The normalized spacial score (nSPS) is 20.9. The van der Waals surface area contributed by atoms with Gasteiger partial charge in [-0.2, -0.15) is 0 Å². The van der Waals surface area contributed by atoms with E-state index in [0.717, 1.165) is 17.3 Å². The van der Waals surface area contributed by atoms with E-state index < -0.39 is 0 Å². The second-order valence-electron chi connectivity index (χ2n) is 3.66. The van der Waals surface area contributed by atoms with Crippen molar-refractivity contribution in [3.8, 4) is 0 Å². The highest BCUT2D eigenvalue weighted by Gasteiger charge is 2.31. The lowest BCUT2D eigenvalue weighted by Gasteiger charge is -2.30. The van der Waals surface area contributed by atoms with Gasteiger partial charge in [0.25, 0.3) is 0 Å². The number of para-hydroxylation sites is 2. The first kappa shape index (κ1) is 9.27. The average molecular weight is 215 g/mol. The van der Waals surface area contributed by atoms with Crippen LogP contribution >= 0.6 is 0 Å². The molecule has 1 aromatic carbocycles. The Bertz CT molecular complexity index is 467. The van der Waals surface area contributed by atoms with Crippen LogP contribution in [0, 0.1) is 0 Å². The Labute approximate surface area is 94.2 Å². The lowest BCUT2D eigenvalue weighted by Crippen LogP contribution is -2.45. The SMILES string of the molecule is CCOC1=Nc2ccccc2N2C=CNC12. The van der Waals surface area contributed by atoms with Gasteiger partial charge in [0.05, 0.1) is 18.0 Å². The molecule has 1 atom stereocenters. The molecule has 2 aliphatic heterocycles. The van der Waals surface area contributed by atoms with Crippen LogP contribution < -0.4 is 10.2 Å². The number of aliphatic imine (C=N–C) groups is 1. The maximum absolute atomic E-state index is 5.56. The van der Waals surface area contributed by atoms with E-state index in [0.29, 0.717) is 6.61 Å². The summed E-state index contributed by atoms with van der Waals surface area (Å²) in [5, 5.41) is 3.22. The summed E-state index contributed by atoms with van der Waals surface area (Å²) >= 11 is 0. The van der Waals surface area contributed by atoms with E-state index >= 15 is 0 Å². The fraction of sp³-hybridized carbons (Fsp3) is 0.250. The molecule has 0 saturated carbocycles. The number of hydrogen-bond donors (Lipinski definition) is 1. The Kier molecular flexibility index (Phi) is 2.06. The summed E-state index contributed by atoms with van der Waals surface area (Å²) in [5.74, 6) is 0.728. The molecule has 0 saturated heterocycles. The summed E-state index contributed by atoms with van der Waals surface area (Å²) in [7, 11) is 0. The highest BCUT2D eigenvalue weighted by Crippen LogP contribution is 2.35. The van der Waals surface area contributed by atoms with Crippen molar-refractivity contribution in [1.29, 1.82) is 0 Å². The van der Waals surface area contributed by atoms with Gasteiger partial charge in [0.2, 0.25) is 5.90 Å². The van der Waals surface area contributed by atoms with E-state index in [1.807, 2.05) is 37.5 Å². The molecule has 82 valence electrons. The number of benzene rings is 1. The average Bonchev–Trinajstić information content (AvgIpc) is 2.79. The molecule has 4 heteroatoms. The van der Waals surface area contributed by atoms with Crippen molar-refractivity contribution < 1.29 is 4.74 Å². The van der Waals surface area contributed by atoms with Crippen LogP contribution in [0.1, 0.15) is 6.92 Å². The third kappa shape index (κ3) is 1.26. The molecule has 0 radical (unpaired) electrons. The smallest absolute Gasteiger partial charge is 0.233 e. The van der Waals surface area contributed by atoms with Gasteiger partial charge in [-0.3, -0.25) is 0 Å². The van der Waals surface area contributed by atoms with Gasteiger partial charge in [0.15, 0.2) is 6.17 Å². The Morgan fingerprint density at radius 2 is 2.31 bits per heavy atom. The van der Waals surface area contributed by atoms with Gasteiger partial charge in [-0.1, -0.05) is 12.1 Å². The van der Waals surface area contributed by atoms with Crippen molar-refractivity contribution in [2.75, 3.05) is 11.5 Å². The van der Waals surface area contributed by atoms with Crippen LogP contribution in [0.2, 0.25) is 0 Å². The van der Waals surface area contributed by atoms with Crippen LogP contribution in [0.15, 0.2) is 41.7 Å². The highest BCUT2D eigenvalue weighted by atomic mass is 16.5. The first-order valence-electron chi connectivity index (χ1n) is 5.41. The van der Waals surface area contributed by atoms with Gasteiger partial charge < -0.3 is 15.0 Å². The Hall–Kier alpha value is -1.97. The molecule has 0 fully saturated rings. The first-order valence-corrected chi connectivity index (χ1v) is 5.41. The van der Waals surface area contributed by atoms with E-state index in [-0.39, 0.29) is 6.17 Å². The number of hydrogen-bond acceptors (Lipinski definition) is 4. The molecule has 2 heterocycles. The van der Waals surface area contributed by atoms with Crippen LogP contribution in [0.3, 0.4) is 0 Å². The summed E-state index contributed by atoms with van der Waals surface area (Å²) in [6.07, 6.45) is 3.94. The summed E-state index contributed by atoms with van der Waals surface area (Å²) in [6.45, 7) is 2.60. The Balaban J connectivity index is 2.08. The molecule has 2 aliphatic rings. The molecular weight excluding hydrogens is 202 g/mol. The van der Waals surface area contributed by atoms with Crippen LogP contribution in [0.4, 0.5) is 11.4 Å². The maximum atomic E-state index is 5.56. The van der Waals surface area contributed by atoms with Gasteiger partial charge in [0.1, 0.15) is 0 Å². The minimum absolute atomic E-state index is 0.00912. The molecule has 1 unspecified atom stereocenters. The second kappa shape index (κ2) is 3.56. The zero-order chi connectivity index (χ0) is 11.0. The molecule has 1 N–H and O–H groups in total. The Morgan fingerprint density at radius 3 is 3.19 bits per heavy atom. The highest BCUT2D eigenvalue weighted by molar-refractivity contribution is 5.94. The largest absolute Gasteiger partial charge is 0.478 e. The van der Waals surface area contributed by atoms with Crippen LogP contribution in [0.5, 0.6) is 0 Å². The fourth-order valence-electron chi connectivity index (χ4n) is 2.01. The maximum Gasteiger partial charge on any atom is 0.233 e. The zero-order valence-electron chi connectivity index (χ0n) is 9.05. The number of nitrogens with one attached hydrogen (secondary N) is 1. The van der Waals surface area contributed by atoms with Gasteiger partial charge in [-0.25, -0.2) is 4.99 Å². The second-order valence-corrected chi connectivity index (χ2v) is 3.66. The number of nitrogens with zero attached hydrogens (tertiary/aromatic N) is 2.